The lowest BCUT2D eigenvalue weighted by Crippen LogP contribution is -2.34. The first kappa shape index (κ1) is 16.8. The Hall–Kier alpha value is -1.59. The van der Waals surface area contributed by atoms with Gasteiger partial charge in [0.05, 0.1) is 5.56 Å². The molecule has 0 heterocycles. The molecule has 0 bridgehead atoms. The highest BCUT2D eigenvalue weighted by molar-refractivity contribution is 9.10. The summed E-state index contributed by atoms with van der Waals surface area (Å²) in [6.45, 7) is 7.48. The number of nitrogens with one attached hydrogen (secondary N) is 1. The number of fused-ring (bicyclic) bond motifs is 1. The molecule has 0 aromatic heterocycles. The van der Waals surface area contributed by atoms with Gasteiger partial charge in [-0.15, -0.1) is 0 Å². The summed E-state index contributed by atoms with van der Waals surface area (Å²) in [4.78, 5) is 14.5. The number of likely N-dealkylation sites (N-methyl/N-ethyl adjacent to an activating group) is 1. The molecule has 2 aromatic carbocycles. The van der Waals surface area contributed by atoms with Gasteiger partial charge in [-0.2, -0.15) is 0 Å². The number of phenolic OH excluding ortho intramolecular Hbond substituents is 1. The van der Waals surface area contributed by atoms with E-state index in [1.807, 2.05) is 18.2 Å². The summed E-state index contributed by atoms with van der Waals surface area (Å²) in [7, 11) is 0. The number of benzene rings is 2. The Bertz CT molecular complexity index is 669. The zero-order chi connectivity index (χ0) is 16.1. The molecule has 4 nitrogen and oxygen atoms in total. The summed E-state index contributed by atoms with van der Waals surface area (Å²) >= 11 is 3.42. The van der Waals surface area contributed by atoms with E-state index >= 15 is 0 Å². The van der Waals surface area contributed by atoms with Gasteiger partial charge in [-0.3, -0.25) is 4.79 Å². The summed E-state index contributed by atoms with van der Waals surface area (Å²) in [5.41, 5.74) is 0.310. The van der Waals surface area contributed by atoms with Crippen molar-refractivity contribution in [2.45, 2.75) is 13.8 Å². The molecule has 0 atom stereocenters. The van der Waals surface area contributed by atoms with Crippen molar-refractivity contribution >= 4 is 32.6 Å². The van der Waals surface area contributed by atoms with Crippen LogP contribution in [0.3, 0.4) is 0 Å². The first-order chi connectivity index (χ1) is 10.5. The van der Waals surface area contributed by atoms with Crippen LogP contribution in [0.1, 0.15) is 24.2 Å². The molecule has 0 saturated heterocycles. The van der Waals surface area contributed by atoms with Crippen LogP contribution in [0.25, 0.3) is 10.8 Å². The minimum absolute atomic E-state index is 0.00941. The third kappa shape index (κ3) is 3.99. The van der Waals surface area contributed by atoms with Crippen LogP contribution < -0.4 is 5.32 Å². The van der Waals surface area contributed by atoms with Gasteiger partial charge in [0.1, 0.15) is 5.75 Å². The molecule has 0 saturated carbocycles. The zero-order valence-electron chi connectivity index (χ0n) is 12.9. The predicted molar refractivity (Wildman–Crippen MR) is 93.4 cm³/mol. The van der Waals surface area contributed by atoms with Crippen molar-refractivity contribution < 1.29 is 9.90 Å². The van der Waals surface area contributed by atoms with Crippen molar-refractivity contribution in [3.8, 4) is 5.75 Å². The number of aromatic hydroxyl groups is 1. The SMILES string of the molecule is CCN(CC)CCNC(=O)c1cc2cc(Br)ccc2cc1O. The lowest BCUT2D eigenvalue weighted by atomic mass is 10.1. The average Bonchev–Trinajstić information content (AvgIpc) is 2.51. The maximum atomic E-state index is 12.3. The van der Waals surface area contributed by atoms with Gasteiger partial charge in [0.2, 0.25) is 0 Å². The molecular formula is C17H21BrN2O2. The van der Waals surface area contributed by atoms with Crippen molar-refractivity contribution in [2.24, 2.45) is 0 Å². The number of hydrogen-bond donors (Lipinski definition) is 2. The highest BCUT2D eigenvalue weighted by Crippen LogP contribution is 2.27. The van der Waals surface area contributed by atoms with Crippen LogP contribution in [0.4, 0.5) is 0 Å². The number of hydrogen-bond acceptors (Lipinski definition) is 3. The molecule has 2 N–H and O–H groups in total. The van der Waals surface area contributed by atoms with Crippen LogP contribution in [0.15, 0.2) is 34.8 Å². The molecule has 0 aliphatic rings. The lowest BCUT2D eigenvalue weighted by molar-refractivity contribution is 0.0946. The molecule has 0 aliphatic carbocycles. The second-order valence-electron chi connectivity index (χ2n) is 5.14. The molecule has 1 amide bonds. The van der Waals surface area contributed by atoms with Crippen LogP contribution in [0, 0.1) is 0 Å². The normalized spacial score (nSPS) is 11.1. The van der Waals surface area contributed by atoms with Gasteiger partial charge >= 0.3 is 0 Å². The second-order valence-corrected chi connectivity index (χ2v) is 6.06. The van der Waals surface area contributed by atoms with E-state index in [1.165, 1.54) is 0 Å². The number of amides is 1. The molecule has 0 unspecified atom stereocenters. The number of rotatable bonds is 6. The Labute approximate surface area is 139 Å². The smallest absolute Gasteiger partial charge is 0.255 e. The summed E-state index contributed by atoms with van der Waals surface area (Å²) in [6.07, 6.45) is 0. The first-order valence-corrected chi connectivity index (χ1v) is 8.27. The molecule has 22 heavy (non-hydrogen) atoms. The van der Waals surface area contributed by atoms with Crippen LogP contribution in [-0.4, -0.2) is 42.1 Å². The Balaban J connectivity index is 2.12. The predicted octanol–water partition coefficient (Wildman–Crippen LogP) is 3.38. The minimum Gasteiger partial charge on any atom is -0.507 e. The minimum atomic E-state index is -0.244. The van der Waals surface area contributed by atoms with Crippen molar-refractivity contribution in [3.63, 3.8) is 0 Å². The van der Waals surface area contributed by atoms with Gasteiger partial charge in [0, 0.05) is 17.6 Å². The molecule has 0 radical (unpaired) electrons. The second kappa shape index (κ2) is 7.61. The van der Waals surface area contributed by atoms with Crippen molar-refractivity contribution in [1.82, 2.24) is 10.2 Å². The quantitative estimate of drug-likeness (QED) is 0.825. The Morgan fingerprint density at radius 2 is 1.91 bits per heavy atom. The molecule has 0 spiro atoms. The maximum absolute atomic E-state index is 12.3. The van der Waals surface area contributed by atoms with Gasteiger partial charge in [-0.05, 0) is 48.1 Å². The molecule has 5 heteroatoms. The fraction of sp³-hybridized carbons (Fsp3) is 0.353. The van der Waals surface area contributed by atoms with E-state index in [4.69, 9.17) is 0 Å². The van der Waals surface area contributed by atoms with E-state index in [0.29, 0.717) is 12.1 Å². The van der Waals surface area contributed by atoms with Crippen LogP contribution in [0.2, 0.25) is 0 Å². The molecule has 2 aromatic rings. The molecule has 0 aliphatic heterocycles. The van der Waals surface area contributed by atoms with Crippen LogP contribution in [-0.2, 0) is 0 Å². The summed E-state index contributed by atoms with van der Waals surface area (Å²) in [5.74, 6) is -0.235. The molecule has 118 valence electrons. The van der Waals surface area contributed by atoms with Gasteiger partial charge in [0.25, 0.3) is 5.91 Å². The topological polar surface area (TPSA) is 52.6 Å². The molecular weight excluding hydrogens is 344 g/mol. The van der Waals surface area contributed by atoms with Gasteiger partial charge in [0.15, 0.2) is 0 Å². The molecule has 0 fully saturated rings. The number of carbonyl (C=O) groups excluding carboxylic acids is 1. The van der Waals surface area contributed by atoms with E-state index in [1.54, 1.807) is 12.1 Å². The van der Waals surface area contributed by atoms with Crippen molar-refractivity contribution in [3.05, 3.63) is 40.4 Å². The van der Waals surface area contributed by atoms with Crippen molar-refractivity contribution in [1.29, 1.82) is 0 Å². The maximum Gasteiger partial charge on any atom is 0.255 e. The summed E-state index contributed by atoms with van der Waals surface area (Å²) < 4.78 is 0.943. The van der Waals surface area contributed by atoms with Gasteiger partial charge in [-0.1, -0.05) is 35.8 Å². The highest BCUT2D eigenvalue weighted by atomic mass is 79.9. The molecule has 2 rings (SSSR count). The standard InChI is InChI=1S/C17H21BrN2O2/c1-3-20(4-2)8-7-19-17(22)15-10-13-9-14(18)6-5-12(13)11-16(15)21/h5-6,9-11,21H,3-4,7-8H2,1-2H3,(H,19,22). The van der Waals surface area contributed by atoms with Crippen LogP contribution >= 0.6 is 15.9 Å². The summed E-state index contributed by atoms with van der Waals surface area (Å²) in [5, 5.41) is 14.8. The third-order valence-electron chi connectivity index (χ3n) is 3.77. The van der Waals surface area contributed by atoms with Gasteiger partial charge < -0.3 is 15.3 Å². The number of nitrogens with zero attached hydrogens (tertiary/aromatic N) is 1. The fourth-order valence-electron chi connectivity index (χ4n) is 2.40. The van der Waals surface area contributed by atoms with Gasteiger partial charge in [-0.25, -0.2) is 0 Å². The largest absolute Gasteiger partial charge is 0.507 e. The van der Waals surface area contributed by atoms with E-state index in [-0.39, 0.29) is 11.7 Å². The van der Waals surface area contributed by atoms with E-state index in [9.17, 15) is 9.90 Å². The lowest BCUT2D eigenvalue weighted by Gasteiger charge is -2.18. The van der Waals surface area contributed by atoms with E-state index in [2.05, 4.69) is 40.0 Å². The average molecular weight is 365 g/mol. The summed E-state index contributed by atoms with van der Waals surface area (Å²) in [6, 6.07) is 9.09. The number of carbonyl (C=O) groups is 1. The Kier molecular flexibility index (Phi) is 5.80. The number of halogens is 1. The monoisotopic (exact) mass is 364 g/mol. The first-order valence-electron chi connectivity index (χ1n) is 7.48. The Morgan fingerprint density at radius 1 is 1.18 bits per heavy atom. The Morgan fingerprint density at radius 3 is 2.59 bits per heavy atom. The highest BCUT2D eigenvalue weighted by Gasteiger charge is 2.12. The van der Waals surface area contributed by atoms with E-state index < -0.39 is 0 Å². The van der Waals surface area contributed by atoms with Crippen LogP contribution in [0.5, 0.6) is 5.75 Å². The zero-order valence-corrected chi connectivity index (χ0v) is 14.5. The van der Waals surface area contributed by atoms with E-state index in [0.717, 1.165) is 34.9 Å². The third-order valence-corrected chi connectivity index (χ3v) is 4.26. The number of phenols is 1. The van der Waals surface area contributed by atoms with Crippen molar-refractivity contribution in [2.75, 3.05) is 26.2 Å². The fourth-order valence-corrected chi connectivity index (χ4v) is 2.78.